The first kappa shape index (κ1) is 20.1. The molecule has 1 saturated heterocycles. The van der Waals surface area contributed by atoms with E-state index in [0.717, 1.165) is 42.0 Å². The molecule has 30 heavy (non-hydrogen) atoms. The number of anilines is 2. The van der Waals surface area contributed by atoms with Crippen molar-refractivity contribution in [2.75, 3.05) is 23.3 Å². The molecule has 1 unspecified atom stereocenters. The predicted octanol–water partition coefficient (Wildman–Crippen LogP) is 3.89. The van der Waals surface area contributed by atoms with Crippen LogP contribution < -0.4 is 15.8 Å². The second kappa shape index (κ2) is 8.30. The first-order chi connectivity index (χ1) is 14.4. The third-order valence-corrected chi connectivity index (χ3v) is 5.89. The molecule has 1 N–H and O–H groups in total. The van der Waals surface area contributed by atoms with E-state index in [1.807, 2.05) is 56.3 Å². The molecule has 1 aliphatic rings. The first-order valence-corrected chi connectivity index (χ1v) is 10.5. The molecule has 0 saturated carbocycles. The maximum absolute atomic E-state index is 13.0. The van der Waals surface area contributed by atoms with Gasteiger partial charge < -0.3 is 10.2 Å². The molecule has 156 valence electrons. The highest BCUT2D eigenvalue weighted by molar-refractivity contribution is 5.93. The zero-order valence-corrected chi connectivity index (χ0v) is 17.8. The van der Waals surface area contributed by atoms with Crippen molar-refractivity contribution in [2.24, 2.45) is 5.92 Å². The van der Waals surface area contributed by atoms with E-state index in [1.54, 1.807) is 0 Å². The summed E-state index contributed by atoms with van der Waals surface area (Å²) in [6.45, 7) is 7.97. The highest BCUT2D eigenvalue weighted by Gasteiger charge is 2.22. The van der Waals surface area contributed by atoms with Crippen molar-refractivity contribution >= 4 is 28.2 Å². The number of carbonyl (C=O) groups excluding carboxylic acids is 1. The third-order valence-electron chi connectivity index (χ3n) is 5.89. The molecule has 1 atom stereocenters. The molecular weight excluding hydrogens is 376 g/mol. The molecule has 2 heterocycles. The average molecular weight is 405 g/mol. The minimum atomic E-state index is -0.263. The van der Waals surface area contributed by atoms with Gasteiger partial charge in [-0.1, -0.05) is 31.2 Å². The molecule has 0 radical (unpaired) electrons. The van der Waals surface area contributed by atoms with Crippen molar-refractivity contribution in [3.8, 4) is 0 Å². The van der Waals surface area contributed by atoms with Gasteiger partial charge in [0, 0.05) is 24.2 Å². The summed E-state index contributed by atoms with van der Waals surface area (Å²) < 4.78 is 1.30. The first-order valence-electron chi connectivity index (χ1n) is 10.5. The maximum Gasteiger partial charge on any atom is 0.275 e. The number of fused-ring (bicyclic) bond motifs is 1. The molecule has 1 aliphatic heterocycles. The van der Waals surface area contributed by atoms with Crippen LogP contribution in [0.3, 0.4) is 0 Å². The van der Waals surface area contributed by atoms with E-state index in [0.29, 0.717) is 11.3 Å². The summed E-state index contributed by atoms with van der Waals surface area (Å²) in [6.07, 6.45) is 2.30. The van der Waals surface area contributed by atoms with Crippen molar-refractivity contribution in [3.05, 3.63) is 63.9 Å². The Labute approximate surface area is 176 Å². The number of hydrogen-bond donors (Lipinski definition) is 1. The van der Waals surface area contributed by atoms with E-state index in [2.05, 4.69) is 22.2 Å². The van der Waals surface area contributed by atoms with E-state index in [1.165, 1.54) is 16.7 Å². The summed E-state index contributed by atoms with van der Waals surface area (Å²) in [5.74, 6) is 1.10. The van der Waals surface area contributed by atoms with Crippen molar-refractivity contribution in [3.63, 3.8) is 0 Å². The molecule has 6 nitrogen and oxygen atoms in total. The van der Waals surface area contributed by atoms with Gasteiger partial charge in [-0.05, 0) is 61.9 Å². The monoisotopic (exact) mass is 404 g/mol. The van der Waals surface area contributed by atoms with Crippen molar-refractivity contribution < 1.29 is 4.79 Å². The molecule has 1 amide bonds. The number of amides is 1. The minimum Gasteiger partial charge on any atom is -0.354 e. The van der Waals surface area contributed by atoms with Crippen LogP contribution in [-0.4, -0.2) is 28.8 Å². The van der Waals surface area contributed by atoms with Gasteiger partial charge in [-0.2, -0.15) is 5.10 Å². The number of piperidine rings is 1. The van der Waals surface area contributed by atoms with Crippen LogP contribution in [0.15, 0.2) is 47.3 Å². The normalized spacial score (nSPS) is 16.6. The molecule has 3 aromatic rings. The highest BCUT2D eigenvalue weighted by atomic mass is 16.2. The fraction of sp³-hybridized carbons (Fsp3) is 0.375. The van der Waals surface area contributed by atoms with Gasteiger partial charge in [-0.15, -0.1) is 0 Å². The molecule has 1 aromatic heterocycles. The fourth-order valence-electron chi connectivity index (χ4n) is 4.10. The number of benzene rings is 2. The second-order valence-corrected chi connectivity index (χ2v) is 8.37. The van der Waals surface area contributed by atoms with E-state index >= 15 is 0 Å². The van der Waals surface area contributed by atoms with Gasteiger partial charge in [-0.25, -0.2) is 4.68 Å². The van der Waals surface area contributed by atoms with Crippen molar-refractivity contribution in [1.29, 1.82) is 0 Å². The lowest BCUT2D eigenvalue weighted by Crippen LogP contribution is -2.38. The van der Waals surface area contributed by atoms with Crippen LogP contribution in [0.1, 0.15) is 30.9 Å². The van der Waals surface area contributed by atoms with Gasteiger partial charge in [0.25, 0.3) is 5.56 Å². The summed E-state index contributed by atoms with van der Waals surface area (Å²) in [6, 6.07) is 13.3. The van der Waals surface area contributed by atoms with Crippen molar-refractivity contribution in [1.82, 2.24) is 9.78 Å². The minimum absolute atomic E-state index is 0.118. The van der Waals surface area contributed by atoms with Crippen LogP contribution >= 0.6 is 0 Å². The lowest BCUT2D eigenvalue weighted by Gasteiger charge is -2.32. The van der Waals surface area contributed by atoms with Crippen LogP contribution in [0.2, 0.25) is 0 Å². The Hall–Kier alpha value is -3.15. The largest absolute Gasteiger partial charge is 0.354 e. The van der Waals surface area contributed by atoms with Crippen LogP contribution in [0.5, 0.6) is 0 Å². The van der Waals surface area contributed by atoms with E-state index in [9.17, 15) is 9.59 Å². The lowest BCUT2D eigenvalue weighted by atomic mass is 10.00. The molecule has 0 aliphatic carbocycles. The summed E-state index contributed by atoms with van der Waals surface area (Å²) in [7, 11) is 0. The standard InChI is InChI=1S/C24H28N4O2/c1-16-7-6-12-27(14-16)23-20-8-4-5-9-21(20)24(30)28(26-23)15-22(29)25-19-11-10-17(2)18(3)13-19/h4-5,8-11,13,16H,6-7,12,14-15H2,1-3H3,(H,25,29). The number of nitrogens with one attached hydrogen (secondary N) is 1. The Morgan fingerprint density at radius 1 is 1.13 bits per heavy atom. The number of aryl methyl sites for hydroxylation is 2. The Kier molecular flexibility index (Phi) is 5.57. The predicted molar refractivity (Wildman–Crippen MR) is 121 cm³/mol. The molecule has 2 aromatic carbocycles. The fourth-order valence-corrected chi connectivity index (χ4v) is 4.10. The third kappa shape index (κ3) is 4.08. The summed E-state index contributed by atoms with van der Waals surface area (Å²) in [5, 5.41) is 8.98. The van der Waals surface area contributed by atoms with Gasteiger partial charge in [0.05, 0.1) is 5.39 Å². The van der Waals surface area contributed by atoms with E-state index in [4.69, 9.17) is 0 Å². The second-order valence-electron chi connectivity index (χ2n) is 8.37. The van der Waals surface area contributed by atoms with E-state index < -0.39 is 0 Å². The zero-order chi connectivity index (χ0) is 21.3. The van der Waals surface area contributed by atoms with Crippen LogP contribution in [0.4, 0.5) is 11.5 Å². The summed E-state index contributed by atoms with van der Waals surface area (Å²) in [4.78, 5) is 27.9. The van der Waals surface area contributed by atoms with E-state index in [-0.39, 0.29) is 18.0 Å². The van der Waals surface area contributed by atoms with Crippen LogP contribution in [0.25, 0.3) is 10.8 Å². The number of nitrogens with zero attached hydrogens (tertiary/aromatic N) is 3. The number of carbonyl (C=O) groups is 1. The number of rotatable bonds is 4. The smallest absolute Gasteiger partial charge is 0.275 e. The molecule has 6 heteroatoms. The van der Waals surface area contributed by atoms with Gasteiger partial charge in [0.2, 0.25) is 5.91 Å². The van der Waals surface area contributed by atoms with Gasteiger partial charge in [-0.3, -0.25) is 9.59 Å². The SMILES string of the molecule is Cc1ccc(NC(=O)Cn2nc(N3CCCC(C)C3)c3ccccc3c2=O)cc1C. The molecule has 0 spiro atoms. The van der Waals surface area contributed by atoms with Gasteiger partial charge in [0.15, 0.2) is 5.82 Å². The van der Waals surface area contributed by atoms with Crippen LogP contribution in [-0.2, 0) is 11.3 Å². The lowest BCUT2D eigenvalue weighted by molar-refractivity contribution is -0.117. The molecule has 1 fully saturated rings. The summed E-state index contributed by atoms with van der Waals surface area (Å²) >= 11 is 0. The Balaban J connectivity index is 1.66. The zero-order valence-electron chi connectivity index (χ0n) is 17.8. The Bertz CT molecular complexity index is 1150. The Morgan fingerprint density at radius 2 is 1.90 bits per heavy atom. The number of aromatic nitrogens is 2. The Morgan fingerprint density at radius 3 is 2.63 bits per heavy atom. The highest BCUT2D eigenvalue weighted by Crippen LogP contribution is 2.26. The topological polar surface area (TPSA) is 67.2 Å². The molecule has 4 rings (SSSR count). The average Bonchev–Trinajstić information content (AvgIpc) is 2.73. The van der Waals surface area contributed by atoms with Gasteiger partial charge >= 0.3 is 0 Å². The molecule has 0 bridgehead atoms. The quantitative estimate of drug-likeness (QED) is 0.716. The van der Waals surface area contributed by atoms with Crippen LogP contribution in [0, 0.1) is 19.8 Å². The summed E-state index contributed by atoms with van der Waals surface area (Å²) in [5.41, 5.74) is 2.76. The van der Waals surface area contributed by atoms with Gasteiger partial charge in [0.1, 0.15) is 6.54 Å². The molecular formula is C24H28N4O2. The van der Waals surface area contributed by atoms with Crippen molar-refractivity contribution in [2.45, 2.75) is 40.2 Å². The number of hydrogen-bond acceptors (Lipinski definition) is 4. The maximum atomic E-state index is 13.0.